The van der Waals surface area contributed by atoms with Gasteiger partial charge in [-0.05, 0) is 32.9 Å². The number of hydrogen-bond acceptors (Lipinski definition) is 4. The first-order valence-electron chi connectivity index (χ1n) is 9.77. The Labute approximate surface area is 162 Å². The number of aryl methyl sites for hydroxylation is 2. The summed E-state index contributed by atoms with van der Waals surface area (Å²) in [5, 5.41) is 7.60. The maximum Gasteiger partial charge on any atom is 0.225 e. The fraction of sp³-hybridized carbons (Fsp3) is 0.524. The van der Waals surface area contributed by atoms with Crippen LogP contribution in [0.5, 0.6) is 0 Å². The van der Waals surface area contributed by atoms with Crippen molar-refractivity contribution in [1.29, 1.82) is 0 Å². The molecule has 2 aromatic rings. The third-order valence-corrected chi connectivity index (χ3v) is 5.49. The van der Waals surface area contributed by atoms with E-state index in [1.165, 1.54) is 0 Å². The van der Waals surface area contributed by atoms with Crippen molar-refractivity contribution >= 4 is 11.7 Å². The molecule has 0 spiro atoms. The van der Waals surface area contributed by atoms with Gasteiger partial charge in [-0.2, -0.15) is 5.10 Å². The number of hydrogen-bond donors (Lipinski definition) is 1. The second-order valence-electron chi connectivity index (χ2n) is 7.57. The molecule has 0 saturated carbocycles. The standard InChI is InChI=1S/C21H31N5O/c1-16(26-14-12-24(3)13-15-26)10-11-19(27)22-21-20(17(2)23-25(21)4)18-8-6-5-7-9-18/h5-9,16H,10-15H2,1-4H3,(H,22,27). The summed E-state index contributed by atoms with van der Waals surface area (Å²) in [7, 11) is 4.04. The summed E-state index contributed by atoms with van der Waals surface area (Å²) in [6, 6.07) is 10.5. The average molecular weight is 370 g/mol. The van der Waals surface area contributed by atoms with Gasteiger partial charge in [-0.1, -0.05) is 30.3 Å². The molecular weight excluding hydrogens is 338 g/mol. The average Bonchev–Trinajstić information content (AvgIpc) is 2.94. The topological polar surface area (TPSA) is 53.4 Å². The van der Waals surface area contributed by atoms with Crippen LogP contribution in [0.2, 0.25) is 0 Å². The molecule has 1 aliphatic heterocycles. The van der Waals surface area contributed by atoms with Gasteiger partial charge in [0, 0.05) is 51.3 Å². The number of amides is 1. The van der Waals surface area contributed by atoms with E-state index in [-0.39, 0.29) is 5.91 Å². The number of piperazine rings is 1. The summed E-state index contributed by atoms with van der Waals surface area (Å²) >= 11 is 0. The number of nitrogens with zero attached hydrogens (tertiary/aromatic N) is 4. The second-order valence-corrected chi connectivity index (χ2v) is 7.57. The van der Waals surface area contributed by atoms with Gasteiger partial charge in [0.2, 0.25) is 5.91 Å². The zero-order chi connectivity index (χ0) is 19.4. The van der Waals surface area contributed by atoms with E-state index >= 15 is 0 Å². The van der Waals surface area contributed by atoms with Gasteiger partial charge in [0.1, 0.15) is 5.82 Å². The van der Waals surface area contributed by atoms with Crippen LogP contribution in [0.4, 0.5) is 5.82 Å². The molecule has 0 bridgehead atoms. The van der Waals surface area contributed by atoms with Gasteiger partial charge in [0.15, 0.2) is 0 Å². The van der Waals surface area contributed by atoms with Crippen LogP contribution in [-0.4, -0.2) is 64.8 Å². The monoisotopic (exact) mass is 369 g/mol. The van der Waals surface area contributed by atoms with Crippen LogP contribution < -0.4 is 5.32 Å². The minimum atomic E-state index is 0.0520. The maximum atomic E-state index is 12.6. The number of rotatable bonds is 6. The lowest BCUT2D eigenvalue weighted by Crippen LogP contribution is -2.48. The highest BCUT2D eigenvalue weighted by Crippen LogP contribution is 2.31. The third-order valence-electron chi connectivity index (χ3n) is 5.49. The molecule has 1 fully saturated rings. The second kappa shape index (κ2) is 8.67. The number of anilines is 1. The molecule has 1 saturated heterocycles. The number of aromatic nitrogens is 2. The SMILES string of the molecule is Cc1nn(C)c(NC(=O)CCC(C)N2CCN(C)CC2)c1-c1ccccc1. The van der Waals surface area contributed by atoms with E-state index in [0.29, 0.717) is 12.5 Å². The molecule has 1 aromatic heterocycles. The largest absolute Gasteiger partial charge is 0.310 e. The molecule has 1 aromatic carbocycles. The van der Waals surface area contributed by atoms with Crippen LogP contribution in [0, 0.1) is 6.92 Å². The van der Waals surface area contributed by atoms with Gasteiger partial charge in [0.05, 0.1) is 5.69 Å². The van der Waals surface area contributed by atoms with Crippen molar-refractivity contribution in [2.75, 3.05) is 38.5 Å². The van der Waals surface area contributed by atoms with Crippen molar-refractivity contribution < 1.29 is 4.79 Å². The minimum absolute atomic E-state index is 0.0520. The highest BCUT2D eigenvalue weighted by Gasteiger charge is 2.21. The Balaban J connectivity index is 1.61. The van der Waals surface area contributed by atoms with Crippen LogP contribution >= 0.6 is 0 Å². The number of likely N-dealkylation sites (N-methyl/N-ethyl adjacent to an activating group) is 1. The first kappa shape index (κ1) is 19.6. The molecule has 1 unspecified atom stereocenters. The highest BCUT2D eigenvalue weighted by molar-refractivity contribution is 5.94. The number of carbonyl (C=O) groups excluding carboxylic acids is 1. The predicted molar refractivity (Wildman–Crippen MR) is 110 cm³/mol. The minimum Gasteiger partial charge on any atom is -0.310 e. The molecule has 1 atom stereocenters. The Bertz CT molecular complexity index is 762. The van der Waals surface area contributed by atoms with Crippen LogP contribution in [0.25, 0.3) is 11.1 Å². The quantitative estimate of drug-likeness (QED) is 0.851. The van der Waals surface area contributed by atoms with E-state index in [1.807, 2.05) is 32.2 Å². The van der Waals surface area contributed by atoms with Crippen molar-refractivity contribution in [2.24, 2.45) is 7.05 Å². The molecule has 27 heavy (non-hydrogen) atoms. The summed E-state index contributed by atoms with van der Waals surface area (Å²) in [4.78, 5) is 17.5. The molecule has 0 radical (unpaired) electrons. The van der Waals surface area contributed by atoms with Crippen molar-refractivity contribution in [3.05, 3.63) is 36.0 Å². The summed E-state index contributed by atoms with van der Waals surface area (Å²) in [6.45, 7) is 8.57. The van der Waals surface area contributed by atoms with Crippen molar-refractivity contribution in [2.45, 2.75) is 32.7 Å². The van der Waals surface area contributed by atoms with Gasteiger partial charge in [0.25, 0.3) is 0 Å². The first-order valence-corrected chi connectivity index (χ1v) is 9.77. The molecule has 3 rings (SSSR count). The summed E-state index contributed by atoms with van der Waals surface area (Å²) < 4.78 is 1.76. The number of benzene rings is 1. The fourth-order valence-electron chi connectivity index (χ4n) is 3.73. The summed E-state index contributed by atoms with van der Waals surface area (Å²) in [5.74, 6) is 0.826. The lowest BCUT2D eigenvalue weighted by atomic mass is 10.1. The van der Waals surface area contributed by atoms with E-state index in [1.54, 1.807) is 4.68 Å². The van der Waals surface area contributed by atoms with E-state index in [9.17, 15) is 4.79 Å². The van der Waals surface area contributed by atoms with Crippen LogP contribution in [0.15, 0.2) is 30.3 Å². The molecule has 6 nitrogen and oxygen atoms in total. The normalized spacial score (nSPS) is 17.0. The van der Waals surface area contributed by atoms with Crippen LogP contribution in [0.3, 0.4) is 0 Å². The van der Waals surface area contributed by atoms with Crippen molar-refractivity contribution in [3.8, 4) is 11.1 Å². The van der Waals surface area contributed by atoms with Crippen LogP contribution in [-0.2, 0) is 11.8 Å². The van der Waals surface area contributed by atoms with E-state index in [0.717, 1.165) is 55.2 Å². The van der Waals surface area contributed by atoms with Gasteiger partial charge >= 0.3 is 0 Å². The zero-order valence-electron chi connectivity index (χ0n) is 16.9. The molecule has 2 heterocycles. The van der Waals surface area contributed by atoms with Gasteiger partial charge < -0.3 is 10.2 Å². The molecular formula is C21H31N5O. The molecule has 146 valence electrons. The predicted octanol–water partition coefficient (Wildman–Crippen LogP) is 2.75. The number of nitrogens with one attached hydrogen (secondary N) is 1. The lowest BCUT2D eigenvalue weighted by molar-refractivity contribution is -0.116. The Morgan fingerprint density at radius 3 is 2.48 bits per heavy atom. The van der Waals surface area contributed by atoms with Crippen LogP contribution in [0.1, 0.15) is 25.5 Å². The van der Waals surface area contributed by atoms with Crippen molar-refractivity contribution in [1.82, 2.24) is 19.6 Å². The molecule has 6 heteroatoms. The van der Waals surface area contributed by atoms with Gasteiger partial charge in [-0.15, -0.1) is 0 Å². The number of carbonyl (C=O) groups is 1. The zero-order valence-corrected chi connectivity index (χ0v) is 16.9. The lowest BCUT2D eigenvalue weighted by Gasteiger charge is -2.36. The Hall–Kier alpha value is -2.18. The maximum absolute atomic E-state index is 12.6. The summed E-state index contributed by atoms with van der Waals surface area (Å²) in [5.41, 5.74) is 2.99. The fourth-order valence-corrected chi connectivity index (χ4v) is 3.73. The Morgan fingerprint density at radius 1 is 1.15 bits per heavy atom. The molecule has 1 N–H and O–H groups in total. The Morgan fingerprint density at radius 2 is 1.81 bits per heavy atom. The van der Waals surface area contributed by atoms with Gasteiger partial charge in [-0.3, -0.25) is 14.4 Å². The van der Waals surface area contributed by atoms with Gasteiger partial charge in [-0.25, -0.2) is 0 Å². The molecule has 1 amide bonds. The third kappa shape index (κ3) is 4.76. The summed E-state index contributed by atoms with van der Waals surface area (Å²) in [6.07, 6.45) is 1.39. The van der Waals surface area contributed by atoms with Crippen molar-refractivity contribution in [3.63, 3.8) is 0 Å². The molecule has 1 aliphatic rings. The highest BCUT2D eigenvalue weighted by atomic mass is 16.1. The Kier molecular flexibility index (Phi) is 6.29. The first-order chi connectivity index (χ1) is 13.0. The van der Waals surface area contributed by atoms with E-state index in [4.69, 9.17) is 0 Å². The van der Waals surface area contributed by atoms with E-state index in [2.05, 4.69) is 46.3 Å². The molecule has 0 aliphatic carbocycles. The smallest absolute Gasteiger partial charge is 0.225 e. The van der Waals surface area contributed by atoms with E-state index < -0.39 is 0 Å².